The third-order valence-corrected chi connectivity index (χ3v) is 6.95. The third-order valence-electron chi connectivity index (χ3n) is 6.69. The number of carbonyl (C=O) groups is 1. The van der Waals surface area contributed by atoms with Gasteiger partial charge in [-0.1, -0.05) is 69.1 Å². The predicted octanol–water partition coefficient (Wildman–Crippen LogP) is 6.94. The van der Waals surface area contributed by atoms with Crippen LogP contribution in [0, 0.1) is 11.8 Å². The summed E-state index contributed by atoms with van der Waals surface area (Å²) in [7, 11) is 0. The zero-order valence-corrected chi connectivity index (χ0v) is 19.1. The molecule has 0 saturated heterocycles. The monoisotopic (exact) mass is 427 g/mol. The van der Waals surface area contributed by atoms with E-state index in [9.17, 15) is 9.90 Å². The number of nitrogens with one attached hydrogen (secondary N) is 1. The molecule has 2 aromatic rings. The van der Waals surface area contributed by atoms with Crippen LogP contribution in [0.5, 0.6) is 0 Å². The van der Waals surface area contributed by atoms with Crippen molar-refractivity contribution in [1.29, 1.82) is 0 Å². The second-order valence-electron chi connectivity index (χ2n) is 9.15. The molecule has 1 saturated carbocycles. The van der Waals surface area contributed by atoms with Gasteiger partial charge >= 0.3 is 5.97 Å². The summed E-state index contributed by atoms with van der Waals surface area (Å²) in [5.74, 6) is -0.519. The SMILES string of the molecule is CCC(Cc1ccccc1NC(CC(C)C)C1(c2ccc(Cl)cc2)CCC1)C(=O)O. The maximum absolute atomic E-state index is 11.6. The van der Waals surface area contributed by atoms with Crippen molar-refractivity contribution in [2.45, 2.75) is 70.8 Å². The quantitative estimate of drug-likeness (QED) is 0.431. The molecule has 0 aliphatic heterocycles. The minimum absolute atomic E-state index is 0.0962. The fourth-order valence-corrected chi connectivity index (χ4v) is 4.90. The molecule has 3 rings (SSSR count). The molecule has 1 fully saturated rings. The van der Waals surface area contributed by atoms with Crippen LogP contribution in [-0.4, -0.2) is 17.1 Å². The van der Waals surface area contributed by atoms with E-state index in [1.165, 1.54) is 12.0 Å². The maximum Gasteiger partial charge on any atom is 0.306 e. The van der Waals surface area contributed by atoms with Crippen LogP contribution in [0.1, 0.15) is 64.0 Å². The number of carboxylic acid groups (broad SMARTS) is 1. The van der Waals surface area contributed by atoms with E-state index in [1.54, 1.807) is 0 Å². The Kier molecular flexibility index (Phi) is 7.46. The first kappa shape index (κ1) is 22.7. The molecule has 0 amide bonds. The van der Waals surface area contributed by atoms with Crippen LogP contribution in [0.15, 0.2) is 48.5 Å². The summed E-state index contributed by atoms with van der Waals surface area (Å²) in [5.41, 5.74) is 3.61. The lowest BCUT2D eigenvalue weighted by molar-refractivity contribution is -0.141. The summed E-state index contributed by atoms with van der Waals surface area (Å²) in [6.45, 7) is 6.49. The predicted molar refractivity (Wildman–Crippen MR) is 125 cm³/mol. The summed E-state index contributed by atoms with van der Waals surface area (Å²) >= 11 is 6.16. The van der Waals surface area contributed by atoms with Crippen LogP contribution in [0.3, 0.4) is 0 Å². The number of para-hydroxylation sites is 1. The molecule has 162 valence electrons. The molecule has 4 heteroatoms. The van der Waals surface area contributed by atoms with Crippen LogP contribution in [-0.2, 0) is 16.6 Å². The van der Waals surface area contributed by atoms with E-state index in [0.717, 1.165) is 35.5 Å². The Morgan fingerprint density at radius 2 is 1.80 bits per heavy atom. The highest BCUT2D eigenvalue weighted by atomic mass is 35.5. The van der Waals surface area contributed by atoms with Crippen molar-refractivity contribution in [3.63, 3.8) is 0 Å². The molecule has 2 N–H and O–H groups in total. The highest BCUT2D eigenvalue weighted by Gasteiger charge is 2.45. The van der Waals surface area contributed by atoms with E-state index >= 15 is 0 Å². The minimum Gasteiger partial charge on any atom is -0.481 e. The fraction of sp³-hybridized carbons (Fsp3) is 0.500. The average Bonchev–Trinajstić information content (AvgIpc) is 2.67. The van der Waals surface area contributed by atoms with E-state index < -0.39 is 5.97 Å². The smallest absolute Gasteiger partial charge is 0.306 e. The van der Waals surface area contributed by atoms with Gasteiger partial charge in [-0.15, -0.1) is 0 Å². The van der Waals surface area contributed by atoms with Gasteiger partial charge in [-0.2, -0.15) is 0 Å². The molecule has 0 radical (unpaired) electrons. The van der Waals surface area contributed by atoms with Gasteiger partial charge in [-0.05, 0) is 67.3 Å². The van der Waals surface area contributed by atoms with Crippen LogP contribution in [0.2, 0.25) is 5.02 Å². The van der Waals surface area contributed by atoms with Crippen LogP contribution >= 0.6 is 11.6 Å². The summed E-state index contributed by atoms with van der Waals surface area (Å²) < 4.78 is 0. The van der Waals surface area contributed by atoms with E-state index in [1.807, 2.05) is 31.2 Å². The van der Waals surface area contributed by atoms with Crippen molar-refractivity contribution in [1.82, 2.24) is 0 Å². The lowest BCUT2D eigenvalue weighted by atomic mass is 9.58. The summed E-state index contributed by atoms with van der Waals surface area (Å²) in [6.07, 6.45) is 5.80. The van der Waals surface area contributed by atoms with Crippen molar-refractivity contribution < 1.29 is 9.90 Å². The molecule has 2 aromatic carbocycles. The van der Waals surface area contributed by atoms with Gasteiger partial charge in [-0.3, -0.25) is 4.79 Å². The zero-order valence-electron chi connectivity index (χ0n) is 18.3. The minimum atomic E-state index is -0.720. The average molecular weight is 428 g/mol. The zero-order chi connectivity index (χ0) is 21.7. The number of hydrogen-bond acceptors (Lipinski definition) is 2. The Bertz CT molecular complexity index is 842. The molecule has 0 bridgehead atoms. The second kappa shape index (κ2) is 9.87. The van der Waals surface area contributed by atoms with Gasteiger partial charge in [-0.25, -0.2) is 0 Å². The van der Waals surface area contributed by atoms with Gasteiger partial charge in [0.15, 0.2) is 0 Å². The number of aliphatic carboxylic acids is 1. The fourth-order valence-electron chi connectivity index (χ4n) is 4.77. The molecular formula is C26H34ClNO2. The molecular weight excluding hydrogens is 394 g/mol. The first-order valence-corrected chi connectivity index (χ1v) is 11.6. The number of anilines is 1. The number of carboxylic acids is 1. The van der Waals surface area contributed by atoms with Crippen LogP contribution in [0.4, 0.5) is 5.69 Å². The molecule has 30 heavy (non-hydrogen) atoms. The van der Waals surface area contributed by atoms with Crippen molar-refractivity contribution in [3.8, 4) is 0 Å². The summed E-state index contributed by atoms with van der Waals surface area (Å²) in [5, 5.41) is 14.2. The maximum atomic E-state index is 11.6. The Morgan fingerprint density at radius 1 is 1.13 bits per heavy atom. The molecule has 1 aliphatic rings. The third kappa shape index (κ3) is 5.00. The van der Waals surface area contributed by atoms with E-state index in [4.69, 9.17) is 11.6 Å². The van der Waals surface area contributed by atoms with Gasteiger partial charge in [0.05, 0.1) is 5.92 Å². The van der Waals surface area contributed by atoms with Crippen molar-refractivity contribution >= 4 is 23.3 Å². The normalized spacial score (nSPS) is 17.2. The number of halogens is 1. The Balaban J connectivity index is 1.92. The molecule has 0 aromatic heterocycles. The Labute approximate surface area is 185 Å². The van der Waals surface area contributed by atoms with E-state index in [0.29, 0.717) is 24.8 Å². The molecule has 0 heterocycles. The van der Waals surface area contributed by atoms with Gasteiger partial charge in [0.1, 0.15) is 0 Å². The number of hydrogen-bond donors (Lipinski definition) is 2. The summed E-state index contributed by atoms with van der Waals surface area (Å²) in [4.78, 5) is 11.6. The van der Waals surface area contributed by atoms with E-state index in [-0.39, 0.29) is 11.3 Å². The topological polar surface area (TPSA) is 49.3 Å². The van der Waals surface area contributed by atoms with E-state index in [2.05, 4.69) is 43.4 Å². The van der Waals surface area contributed by atoms with Crippen LogP contribution in [0.25, 0.3) is 0 Å². The standard InChI is InChI=1S/C26H34ClNO2/c1-4-19(25(29)30)17-20-8-5-6-9-23(20)28-24(16-18(2)3)26(14-7-15-26)21-10-12-22(27)13-11-21/h5-6,8-13,18-19,24,28H,4,7,14-17H2,1-3H3,(H,29,30). The van der Waals surface area contributed by atoms with Gasteiger partial charge in [0.2, 0.25) is 0 Å². The molecule has 0 spiro atoms. The Morgan fingerprint density at radius 3 is 2.33 bits per heavy atom. The second-order valence-corrected chi connectivity index (χ2v) is 9.58. The van der Waals surface area contributed by atoms with Crippen LogP contribution < -0.4 is 5.32 Å². The van der Waals surface area contributed by atoms with Gasteiger partial charge < -0.3 is 10.4 Å². The van der Waals surface area contributed by atoms with Crippen molar-refractivity contribution in [3.05, 3.63) is 64.7 Å². The number of benzene rings is 2. The largest absolute Gasteiger partial charge is 0.481 e. The first-order chi connectivity index (χ1) is 14.4. The van der Waals surface area contributed by atoms with Crippen molar-refractivity contribution in [2.24, 2.45) is 11.8 Å². The van der Waals surface area contributed by atoms with Crippen molar-refractivity contribution in [2.75, 3.05) is 5.32 Å². The highest BCUT2D eigenvalue weighted by Crippen LogP contribution is 2.49. The molecule has 1 aliphatic carbocycles. The Hall–Kier alpha value is -2.00. The first-order valence-electron chi connectivity index (χ1n) is 11.2. The molecule has 2 unspecified atom stereocenters. The van der Waals surface area contributed by atoms with Gasteiger partial charge in [0, 0.05) is 22.2 Å². The molecule has 3 nitrogen and oxygen atoms in total. The lowest BCUT2D eigenvalue weighted by Gasteiger charge is -2.50. The highest BCUT2D eigenvalue weighted by molar-refractivity contribution is 6.30. The van der Waals surface area contributed by atoms with Gasteiger partial charge in [0.25, 0.3) is 0 Å². The summed E-state index contributed by atoms with van der Waals surface area (Å²) in [6, 6.07) is 16.9. The lowest BCUT2D eigenvalue weighted by Crippen LogP contribution is -2.50. The molecule has 2 atom stereocenters. The number of rotatable bonds is 10.